The molecule has 0 aliphatic carbocycles. The zero-order chi connectivity index (χ0) is 11.4. The smallest absolute Gasteiger partial charge is 0.000766 e. The molecule has 0 aromatic heterocycles. The molecule has 1 aromatic rings. The first-order valence-electron chi connectivity index (χ1n) is 5.51. The minimum atomic E-state index is 0.560. The van der Waals surface area contributed by atoms with Crippen molar-refractivity contribution in [1.29, 1.82) is 0 Å². The molecule has 0 radical (unpaired) electrons. The summed E-state index contributed by atoms with van der Waals surface area (Å²) in [5.41, 5.74) is 10.5. The van der Waals surface area contributed by atoms with Crippen LogP contribution in [0.4, 0.5) is 0 Å². The summed E-state index contributed by atoms with van der Waals surface area (Å²) >= 11 is 0. The third-order valence-electron chi connectivity index (χ3n) is 3.00. The standard InChI is InChI=1S/C14H21N/c1-10-6-8-14(9-12(10)3)11(2)5-7-13(4)15/h6,8-9,11H,4-5,7,15H2,1-3H3. The minimum absolute atomic E-state index is 0.560. The van der Waals surface area contributed by atoms with E-state index in [1.165, 1.54) is 16.7 Å². The Morgan fingerprint density at radius 2 is 2.00 bits per heavy atom. The molecular formula is C14H21N. The number of aryl methyl sites for hydroxylation is 2. The number of benzene rings is 1. The summed E-state index contributed by atoms with van der Waals surface area (Å²) < 4.78 is 0. The average molecular weight is 203 g/mol. The monoisotopic (exact) mass is 203 g/mol. The van der Waals surface area contributed by atoms with E-state index in [1.54, 1.807) is 0 Å². The van der Waals surface area contributed by atoms with E-state index in [0.717, 1.165) is 18.5 Å². The topological polar surface area (TPSA) is 26.0 Å². The zero-order valence-electron chi connectivity index (χ0n) is 10.0. The predicted octanol–water partition coefficient (Wildman–Crippen LogP) is 3.66. The van der Waals surface area contributed by atoms with Gasteiger partial charge >= 0.3 is 0 Å². The van der Waals surface area contributed by atoms with Crippen LogP contribution in [0.25, 0.3) is 0 Å². The fraction of sp³-hybridized carbons (Fsp3) is 0.429. The average Bonchev–Trinajstić information content (AvgIpc) is 2.18. The molecule has 1 atom stereocenters. The number of nitrogens with two attached hydrogens (primary N) is 1. The van der Waals surface area contributed by atoms with Crippen LogP contribution in [-0.2, 0) is 0 Å². The van der Waals surface area contributed by atoms with Crippen molar-refractivity contribution >= 4 is 0 Å². The van der Waals surface area contributed by atoms with Crippen LogP contribution in [0.5, 0.6) is 0 Å². The highest BCUT2D eigenvalue weighted by Crippen LogP contribution is 2.23. The SMILES string of the molecule is C=C(N)CCC(C)c1ccc(C)c(C)c1. The van der Waals surface area contributed by atoms with E-state index < -0.39 is 0 Å². The van der Waals surface area contributed by atoms with Gasteiger partial charge in [-0.25, -0.2) is 0 Å². The Hall–Kier alpha value is -1.24. The van der Waals surface area contributed by atoms with Gasteiger partial charge in [-0.3, -0.25) is 0 Å². The number of hydrogen-bond acceptors (Lipinski definition) is 1. The maximum Gasteiger partial charge on any atom is 0.000766 e. The van der Waals surface area contributed by atoms with Gasteiger partial charge in [-0.05, 0) is 49.3 Å². The van der Waals surface area contributed by atoms with Gasteiger partial charge in [-0.1, -0.05) is 31.7 Å². The number of allylic oxidation sites excluding steroid dienone is 1. The molecule has 0 aliphatic heterocycles. The zero-order valence-corrected chi connectivity index (χ0v) is 10.0. The Balaban J connectivity index is 2.69. The summed E-state index contributed by atoms with van der Waals surface area (Å²) in [6.07, 6.45) is 1.99. The van der Waals surface area contributed by atoms with Crippen molar-refractivity contribution < 1.29 is 0 Å². The quantitative estimate of drug-likeness (QED) is 0.794. The van der Waals surface area contributed by atoms with Gasteiger partial charge in [0.25, 0.3) is 0 Å². The van der Waals surface area contributed by atoms with Crippen LogP contribution in [-0.4, -0.2) is 0 Å². The summed E-state index contributed by atoms with van der Waals surface area (Å²) in [5.74, 6) is 0.560. The lowest BCUT2D eigenvalue weighted by Crippen LogP contribution is -2.00. The highest BCUT2D eigenvalue weighted by Gasteiger charge is 2.06. The van der Waals surface area contributed by atoms with Crippen molar-refractivity contribution in [3.8, 4) is 0 Å². The van der Waals surface area contributed by atoms with Crippen LogP contribution in [0.1, 0.15) is 42.4 Å². The molecular weight excluding hydrogens is 182 g/mol. The Bertz CT molecular complexity index is 352. The summed E-state index contributed by atoms with van der Waals surface area (Å²) in [4.78, 5) is 0. The van der Waals surface area contributed by atoms with Crippen molar-refractivity contribution in [3.05, 3.63) is 47.2 Å². The van der Waals surface area contributed by atoms with Gasteiger partial charge in [-0.2, -0.15) is 0 Å². The Morgan fingerprint density at radius 1 is 1.33 bits per heavy atom. The maximum atomic E-state index is 5.58. The summed E-state index contributed by atoms with van der Waals surface area (Å²) in [6.45, 7) is 10.3. The van der Waals surface area contributed by atoms with Crippen LogP contribution in [0.2, 0.25) is 0 Å². The van der Waals surface area contributed by atoms with E-state index >= 15 is 0 Å². The molecule has 2 N–H and O–H groups in total. The number of hydrogen-bond donors (Lipinski definition) is 1. The van der Waals surface area contributed by atoms with Crippen molar-refractivity contribution in [1.82, 2.24) is 0 Å². The molecule has 0 saturated carbocycles. The van der Waals surface area contributed by atoms with Crippen molar-refractivity contribution in [3.63, 3.8) is 0 Å². The third-order valence-corrected chi connectivity index (χ3v) is 3.00. The molecule has 0 saturated heterocycles. The highest BCUT2D eigenvalue weighted by atomic mass is 14.6. The van der Waals surface area contributed by atoms with Gasteiger partial charge < -0.3 is 5.73 Å². The second-order valence-corrected chi connectivity index (χ2v) is 4.44. The second kappa shape index (κ2) is 5.01. The van der Waals surface area contributed by atoms with Crippen LogP contribution >= 0.6 is 0 Å². The van der Waals surface area contributed by atoms with Gasteiger partial charge in [0.15, 0.2) is 0 Å². The van der Waals surface area contributed by atoms with Gasteiger partial charge in [0.2, 0.25) is 0 Å². The molecule has 0 aliphatic rings. The first-order chi connectivity index (χ1) is 7.00. The van der Waals surface area contributed by atoms with Crippen molar-refractivity contribution in [2.75, 3.05) is 0 Å². The predicted molar refractivity (Wildman–Crippen MR) is 66.9 cm³/mol. The third kappa shape index (κ3) is 3.43. The van der Waals surface area contributed by atoms with E-state index in [0.29, 0.717) is 5.92 Å². The normalized spacial score (nSPS) is 12.5. The Labute approximate surface area is 93.0 Å². The van der Waals surface area contributed by atoms with E-state index in [4.69, 9.17) is 5.73 Å². The Kier molecular flexibility index (Phi) is 3.96. The second-order valence-electron chi connectivity index (χ2n) is 4.44. The van der Waals surface area contributed by atoms with Crippen LogP contribution in [0.15, 0.2) is 30.5 Å². The molecule has 0 amide bonds. The first kappa shape index (κ1) is 11.8. The maximum absolute atomic E-state index is 5.58. The van der Waals surface area contributed by atoms with Gasteiger partial charge in [0.1, 0.15) is 0 Å². The molecule has 0 spiro atoms. The molecule has 15 heavy (non-hydrogen) atoms. The fourth-order valence-corrected chi connectivity index (χ4v) is 1.64. The fourth-order valence-electron chi connectivity index (χ4n) is 1.64. The van der Waals surface area contributed by atoms with E-state index in [-0.39, 0.29) is 0 Å². The van der Waals surface area contributed by atoms with Crippen LogP contribution in [0.3, 0.4) is 0 Å². The van der Waals surface area contributed by atoms with Crippen molar-refractivity contribution in [2.45, 2.75) is 39.5 Å². The van der Waals surface area contributed by atoms with Gasteiger partial charge in [-0.15, -0.1) is 0 Å². The Morgan fingerprint density at radius 3 is 2.53 bits per heavy atom. The molecule has 0 fully saturated rings. The van der Waals surface area contributed by atoms with Gasteiger partial charge in [0, 0.05) is 5.70 Å². The van der Waals surface area contributed by atoms with E-state index in [1.807, 2.05) is 0 Å². The lowest BCUT2D eigenvalue weighted by Gasteiger charge is -2.13. The first-order valence-corrected chi connectivity index (χ1v) is 5.51. The minimum Gasteiger partial charge on any atom is -0.403 e. The largest absolute Gasteiger partial charge is 0.403 e. The van der Waals surface area contributed by atoms with Crippen LogP contribution in [0, 0.1) is 13.8 Å². The van der Waals surface area contributed by atoms with Crippen LogP contribution < -0.4 is 5.73 Å². The lowest BCUT2D eigenvalue weighted by atomic mass is 9.93. The summed E-state index contributed by atoms with van der Waals surface area (Å²) in [6, 6.07) is 6.68. The highest BCUT2D eigenvalue weighted by molar-refractivity contribution is 5.31. The molecule has 0 heterocycles. The summed E-state index contributed by atoms with van der Waals surface area (Å²) in [5, 5.41) is 0. The molecule has 1 rings (SSSR count). The molecule has 1 aromatic carbocycles. The molecule has 1 heteroatoms. The van der Waals surface area contributed by atoms with E-state index in [2.05, 4.69) is 45.5 Å². The molecule has 1 unspecified atom stereocenters. The molecule has 82 valence electrons. The number of rotatable bonds is 4. The van der Waals surface area contributed by atoms with E-state index in [9.17, 15) is 0 Å². The lowest BCUT2D eigenvalue weighted by molar-refractivity contribution is 0.673. The summed E-state index contributed by atoms with van der Waals surface area (Å²) in [7, 11) is 0. The molecule has 1 nitrogen and oxygen atoms in total. The van der Waals surface area contributed by atoms with Crippen molar-refractivity contribution in [2.24, 2.45) is 5.73 Å². The molecule has 0 bridgehead atoms. The van der Waals surface area contributed by atoms with Gasteiger partial charge in [0.05, 0.1) is 0 Å².